The van der Waals surface area contributed by atoms with Crippen molar-refractivity contribution in [1.82, 2.24) is 4.90 Å². The van der Waals surface area contributed by atoms with Crippen LogP contribution in [0.5, 0.6) is 0 Å². The van der Waals surface area contributed by atoms with Crippen molar-refractivity contribution in [3.63, 3.8) is 0 Å². The Balaban J connectivity index is 1.40. The summed E-state index contributed by atoms with van der Waals surface area (Å²) in [5.41, 5.74) is 4.62. The fourth-order valence-electron chi connectivity index (χ4n) is 3.78. The van der Waals surface area contributed by atoms with E-state index in [1.807, 2.05) is 56.3 Å². The van der Waals surface area contributed by atoms with Crippen molar-refractivity contribution in [2.45, 2.75) is 13.8 Å². The van der Waals surface area contributed by atoms with E-state index in [0.29, 0.717) is 23.8 Å². The lowest BCUT2D eigenvalue weighted by Crippen LogP contribution is -2.36. The zero-order chi connectivity index (χ0) is 22.7. The SMILES string of the molecule is Cc1cc(C)cc(NC(=O)CN2C(=O)S/C(=C/c3ccc(N4CCOCC4)cc3)C2=O)c1. The average Bonchev–Trinajstić information content (AvgIpc) is 3.01. The summed E-state index contributed by atoms with van der Waals surface area (Å²) in [6.45, 7) is 6.70. The molecule has 0 atom stereocenters. The molecule has 2 fully saturated rings. The molecular weight excluding hydrogens is 426 g/mol. The van der Waals surface area contributed by atoms with Crippen LogP contribution in [0.25, 0.3) is 6.08 Å². The smallest absolute Gasteiger partial charge is 0.294 e. The number of hydrogen-bond donors (Lipinski definition) is 1. The van der Waals surface area contributed by atoms with E-state index in [0.717, 1.165) is 52.1 Å². The largest absolute Gasteiger partial charge is 0.378 e. The van der Waals surface area contributed by atoms with Gasteiger partial charge in [0.25, 0.3) is 11.1 Å². The third-order valence-corrected chi connectivity index (χ3v) is 6.16. The number of ether oxygens (including phenoxy) is 1. The lowest BCUT2D eigenvalue weighted by Gasteiger charge is -2.28. The molecule has 2 aromatic carbocycles. The summed E-state index contributed by atoms with van der Waals surface area (Å²) in [7, 11) is 0. The van der Waals surface area contributed by atoms with Crippen LogP contribution < -0.4 is 10.2 Å². The van der Waals surface area contributed by atoms with E-state index in [1.54, 1.807) is 6.08 Å². The minimum absolute atomic E-state index is 0.313. The summed E-state index contributed by atoms with van der Waals surface area (Å²) in [6.07, 6.45) is 1.69. The maximum atomic E-state index is 12.7. The number of amides is 3. The number of hydrogen-bond acceptors (Lipinski definition) is 6. The summed E-state index contributed by atoms with van der Waals surface area (Å²) in [5.74, 6) is -0.860. The zero-order valence-electron chi connectivity index (χ0n) is 18.1. The van der Waals surface area contributed by atoms with Gasteiger partial charge in [-0.3, -0.25) is 19.3 Å². The van der Waals surface area contributed by atoms with Gasteiger partial charge in [0.2, 0.25) is 5.91 Å². The van der Waals surface area contributed by atoms with E-state index < -0.39 is 17.1 Å². The van der Waals surface area contributed by atoms with Gasteiger partial charge in [-0.25, -0.2) is 0 Å². The second-order valence-electron chi connectivity index (χ2n) is 7.88. The van der Waals surface area contributed by atoms with Gasteiger partial charge in [0, 0.05) is 24.5 Å². The van der Waals surface area contributed by atoms with Gasteiger partial charge in [-0.15, -0.1) is 0 Å². The number of benzene rings is 2. The first-order chi connectivity index (χ1) is 15.4. The number of thioether (sulfide) groups is 1. The molecule has 0 radical (unpaired) electrons. The molecule has 0 saturated carbocycles. The summed E-state index contributed by atoms with van der Waals surface area (Å²) in [5, 5.41) is 2.32. The lowest BCUT2D eigenvalue weighted by molar-refractivity contribution is -0.127. The minimum atomic E-state index is -0.451. The van der Waals surface area contributed by atoms with Crippen LogP contribution in [0.2, 0.25) is 0 Å². The molecule has 32 heavy (non-hydrogen) atoms. The van der Waals surface area contributed by atoms with Gasteiger partial charge in [0.1, 0.15) is 6.54 Å². The Morgan fingerprint density at radius 3 is 2.38 bits per heavy atom. The third kappa shape index (κ3) is 5.20. The van der Waals surface area contributed by atoms with Crippen molar-refractivity contribution in [3.05, 3.63) is 64.1 Å². The van der Waals surface area contributed by atoms with Crippen molar-refractivity contribution in [1.29, 1.82) is 0 Å². The number of carbonyl (C=O) groups excluding carboxylic acids is 3. The maximum absolute atomic E-state index is 12.7. The Hall–Kier alpha value is -3.10. The fourth-order valence-corrected chi connectivity index (χ4v) is 4.62. The first-order valence-electron chi connectivity index (χ1n) is 10.5. The molecule has 0 spiro atoms. The average molecular weight is 452 g/mol. The molecule has 1 N–H and O–H groups in total. The van der Waals surface area contributed by atoms with Gasteiger partial charge >= 0.3 is 0 Å². The van der Waals surface area contributed by atoms with E-state index in [4.69, 9.17) is 4.74 Å². The number of aryl methyl sites for hydroxylation is 2. The van der Waals surface area contributed by atoms with Crippen LogP contribution >= 0.6 is 11.8 Å². The highest BCUT2D eigenvalue weighted by Crippen LogP contribution is 2.32. The molecule has 3 amide bonds. The van der Waals surface area contributed by atoms with Crippen LogP contribution in [0.15, 0.2) is 47.4 Å². The van der Waals surface area contributed by atoms with Crippen LogP contribution in [0.3, 0.4) is 0 Å². The molecule has 166 valence electrons. The second-order valence-corrected chi connectivity index (χ2v) is 8.88. The number of nitrogens with one attached hydrogen (secondary N) is 1. The monoisotopic (exact) mass is 451 g/mol. The highest BCUT2D eigenvalue weighted by atomic mass is 32.2. The molecule has 0 bridgehead atoms. The number of imide groups is 1. The zero-order valence-corrected chi connectivity index (χ0v) is 18.9. The van der Waals surface area contributed by atoms with E-state index in [9.17, 15) is 14.4 Å². The van der Waals surface area contributed by atoms with Gasteiger partial charge in [-0.05, 0) is 72.6 Å². The predicted molar refractivity (Wildman–Crippen MR) is 127 cm³/mol. The Morgan fingerprint density at radius 1 is 1.06 bits per heavy atom. The lowest BCUT2D eigenvalue weighted by atomic mass is 10.1. The van der Waals surface area contributed by atoms with Crippen molar-refractivity contribution < 1.29 is 19.1 Å². The van der Waals surface area contributed by atoms with Crippen molar-refractivity contribution in [3.8, 4) is 0 Å². The van der Waals surface area contributed by atoms with Crippen LogP contribution in [0, 0.1) is 13.8 Å². The molecule has 2 aromatic rings. The van der Waals surface area contributed by atoms with Crippen molar-refractivity contribution in [2.75, 3.05) is 43.1 Å². The Labute approximate surface area is 191 Å². The molecule has 4 rings (SSSR count). The molecule has 2 aliphatic heterocycles. The number of nitrogens with zero attached hydrogens (tertiary/aromatic N) is 2. The minimum Gasteiger partial charge on any atom is -0.378 e. The van der Waals surface area contributed by atoms with Crippen LogP contribution in [0.1, 0.15) is 16.7 Å². The summed E-state index contributed by atoms with van der Waals surface area (Å²) in [6, 6.07) is 13.5. The highest BCUT2D eigenvalue weighted by Gasteiger charge is 2.36. The highest BCUT2D eigenvalue weighted by molar-refractivity contribution is 8.18. The van der Waals surface area contributed by atoms with Crippen molar-refractivity contribution in [2.24, 2.45) is 0 Å². The normalized spacial score (nSPS) is 17.9. The maximum Gasteiger partial charge on any atom is 0.294 e. The van der Waals surface area contributed by atoms with Crippen molar-refractivity contribution >= 4 is 46.3 Å². The standard InChI is InChI=1S/C24H25N3O4S/c1-16-11-17(2)13-19(12-16)25-22(28)15-27-23(29)21(32-24(27)30)14-18-3-5-20(6-4-18)26-7-9-31-10-8-26/h3-6,11-14H,7-10,15H2,1-2H3,(H,25,28)/b21-14+. The second kappa shape index (κ2) is 9.58. The van der Waals surface area contributed by atoms with Gasteiger partial charge < -0.3 is 15.0 Å². The molecule has 0 aliphatic carbocycles. The van der Waals surface area contributed by atoms with E-state index in [1.165, 1.54) is 0 Å². The molecule has 7 nitrogen and oxygen atoms in total. The first kappa shape index (κ1) is 22.1. The van der Waals surface area contributed by atoms with Crippen LogP contribution in [-0.4, -0.2) is 54.8 Å². The predicted octanol–water partition coefficient (Wildman–Crippen LogP) is 3.82. The molecule has 2 aliphatic rings. The molecule has 0 unspecified atom stereocenters. The topological polar surface area (TPSA) is 79.0 Å². The van der Waals surface area contributed by atoms with E-state index in [-0.39, 0.29) is 6.54 Å². The molecular formula is C24H25N3O4S. The fraction of sp³-hybridized carbons (Fsp3) is 0.292. The molecule has 2 heterocycles. The van der Waals surface area contributed by atoms with E-state index >= 15 is 0 Å². The Morgan fingerprint density at radius 2 is 1.72 bits per heavy atom. The van der Waals surface area contributed by atoms with Gasteiger partial charge in [0.15, 0.2) is 0 Å². The third-order valence-electron chi connectivity index (χ3n) is 5.25. The van der Waals surface area contributed by atoms with E-state index in [2.05, 4.69) is 10.2 Å². The molecule has 2 saturated heterocycles. The number of morpholine rings is 1. The number of rotatable bonds is 5. The van der Waals surface area contributed by atoms with Gasteiger partial charge in [0.05, 0.1) is 18.1 Å². The van der Waals surface area contributed by atoms with Gasteiger partial charge in [-0.2, -0.15) is 0 Å². The molecule has 8 heteroatoms. The first-order valence-corrected chi connectivity index (χ1v) is 11.3. The quantitative estimate of drug-likeness (QED) is 0.697. The van der Waals surface area contributed by atoms with Crippen LogP contribution in [-0.2, 0) is 14.3 Å². The number of carbonyl (C=O) groups is 3. The summed E-state index contributed by atoms with van der Waals surface area (Å²) in [4.78, 5) is 41.1. The van der Waals surface area contributed by atoms with Crippen LogP contribution in [0.4, 0.5) is 16.2 Å². The molecule has 0 aromatic heterocycles. The summed E-state index contributed by atoms with van der Waals surface area (Å²) >= 11 is 0.854. The Bertz CT molecular complexity index is 1050. The summed E-state index contributed by atoms with van der Waals surface area (Å²) < 4.78 is 5.38. The number of anilines is 2. The Kier molecular flexibility index (Phi) is 6.62. The van der Waals surface area contributed by atoms with Gasteiger partial charge in [-0.1, -0.05) is 18.2 Å².